The molecule has 8 heteroatoms. The van der Waals surface area contributed by atoms with Gasteiger partial charge in [-0.05, 0) is 19.1 Å². The summed E-state index contributed by atoms with van der Waals surface area (Å²) in [5.41, 5.74) is -1.33. The number of nitrogens with one attached hydrogen (secondary N) is 1. The van der Waals surface area contributed by atoms with Crippen LogP contribution in [0.25, 0.3) is 0 Å². The molecule has 0 saturated heterocycles. The summed E-state index contributed by atoms with van der Waals surface area (Å²) in [5.74, 6) is -5.38. The number of aliphatic hydroxyl groups is 1. The van der Waals surface area contributed by atoms with E-state index in [1.165, 1.54) is 17.8 Å². The van der Waals surface area contributed by atoms with Gasteiger partial charge in [-0.25, -0.2) is 13.2 Å². The standard InChI is InChI=1S/C14H14F3N3O2/c1-14(22,9-5-19-20(2)6-9)7-18-13(21)8-3-10(15)12(17)11(16)4-8/h3-6,22H,7H2,1-2H3,(H,18,21). The number of rotatable bonds is 4. The van der Waals surface area contributed by atoms with Gasteiger partial charge in [-0.2, -0.15) is 5.10 Å². The molecule has 118 valence electrons. The third kappa shape index (κ3) is 3.28. The summed E-state index contributed by atoms with van der Waals surface area (Å²) in [6.45, 7) is 1.24. The van der Waals surface area contributed by atoms with E-state index in [4.69, 9.17) is 0 Å². The summed E-state index contributed by atoms with van der Waals surface area (Å²) in [7, 11) is 1.67. The Hall–Kier alpha value is -2.35. The van der Waals surface area contributed by atoms with Crippen LogP contribution in [-0.2, 0) is 12.6 Å². The number of aromatic nitrogens is 2. The summed E-state index contributed by atoms with van der Waals surface area (Å²) < 4.78 is 40.5. The Morgan fingerprint density at radius 2 is 1.95 bits per heavy atom. The Labute approximate surface area is 124 Å². The van der Waals surface area contributed by atoms with E-state index < -0.39 is 29.0 Å². The topological polar surface area (TPSA) is 67.2 Å². The van der Waals surface area contributed by atoms with Crippen LogP contribution in [0.1, 0.15) is 22.8 Å². The van der Waals surface area contributed by atoms with E-state index in [-0.39, 0.29) is 12.1 Å². The zero-order chi connectivity index (χ0) is 16.5. The van der Waals surface area contributed by atoms with Crippen molar-refractivity contribution in [3.05, 3.63) is 53.1 Å². The van der Waals surface area contributed by atoms with Gasteiger partial charge in [0, 0.05) is 24.4 Å². The number of hydrogen-bond donors (Lipinski definition) is 2. The number of aryl methyl sites for hydroxylation is 1. The molecule has 1 unspecified atom stereocenters. The van der Waals surface area contributed by atoms with Crippen molar-refractivity contribution < 1.29 is 23.1 Å². The average Bonchev–Trinajstić information content (AvgIpc) is 2.89. The van der Waals surface area contributed by atoms with E-state index in [1.807, 2.05) is 0 Å². The Morgan fingerprint density at radius 1 is 1.36 bits per heavy atom. The highest BCUT2D eigenvalue weighted by Crippen LogP contribution is 2.19. The molecule has 1 amide bonds. The molecule has 0 fully saturated rings. The first kappa shape index (κ1) is 16.0. The molecular weight excluding hydrogens is 299 g/mol. The van der Waals surface area contributed by atoms with Crippen LogP contribution in [0.2, 0.25) is 0 Å². The van der Waals surface area contributed by atoms with Gasteiger partial charge in [0.15, 0.2) is 17.5 Å². The Kier molecular flexibility index (Phi) is 4.23. The first-order valence-corrected chi connectivity index (χ1v) is 6.35. The van der Waals surface area contributed by atoms with Gasteiger partial charge in [-0.3, -0.25) is 9.48 Å². The van der Waals surface area contributed by atoms with Gasteiger partial charge in [-0.1, -0.05) is 0 Å². The van der Waals surface area contributed by atoms with E-state index >= 15 is 0 Å². The lowest BCUT2D eigenvalue weighted by Gasteiger charge is -2.22. The second-order valence-corrected chi connectivity index (χ2v) is 5.11. The molecule has 5 nitrogen and oxygen atoms in total. The smallest absolute Gasteiger partial charge is 0.251 e. The predicted octanol–water partition coefficient (Wildman–Crippen LogP) is 1.47. The van der Waals surface area contributed by atoms with Crippen LogP contribution in [0.5, 0.6) is 0 Å². The molecular formula is C14H14F3N3O2. The molecule has 1 heterocycles. The monoisotopic (exact) mass is 313 g/mol. The van der Waals surface area contributed by atoms with Gasteiger partial charge in [0.1, 0.15) is 5.60 Å². The number of hydrogen-bond acceptors (Lipinski definition) is 3. The fourth-order valence-corrected chi connectivity index (χ4v) is 1.84. The number of benzene rings is 1. The molecule has 1 aromatic heterocycles. The lowest BCUT2D eigenvalue weighted by Crippen LogP contribution is -2.38. The summed E-state index contributed by atoms with van der Waals surface area (Å²) in [5, 5.41) is 16.5. The highest BCUT2D eigenvalue weighted by molar-refractivity contribution is 5.94. The maximum Gasteiger partial charge on any atom is 0.251 e. The van der Waals surface area contributed by atoms with Crippen LogP contribution in [0.4, 0.5) is 13.2 Å². The molecule has 2 rings (SSSR count). The van der Waals surface area contributed by atoms with Crippen molar-refractivity contribution in [1.29, 1.82) is 0 Å². The van der Waals surface area contributed by atoms with Crippen LogP contribution >= 0.6 is 0 Å². The summed E-state index contributed by atoms with van der Waals surface area (Å²) in [4.78, 5) is 11.8. The molecule has 0 aliphatic heterocycles. The van der Waals surface area contributed by atoms with E-state index in [0.29, 0.717) is 17.7 Å². The van der Waals surface area contributed by atoms with Gasteiger partial charge in [0.25, 0.3) is 5.91 Å². The van der Waals surface area contributed by atoms with Crippen molar-refractivity contribution in [2.45, 2.75) is 12.5 Å². The van der Waals surface area contributed by atoms with Crippen molar-refractivity contribution >= 4 is 5.91 Å². The van der Waals surface area contributed by atoms with Gasteiger partial charge >= 0.3 is 0 Å². The van der Waals surface area contributed by atoms with Crippen LogP contribution in [0.3, 0.4) is 0 Å². The molecule has 1 atom stereocenters. The zero-order valence-corrected chi connectivity index (χ0v) is 11.9. The summed E-state index contributed by atoms with van der Waals surface area (Å²) in [6, 6.07) is 1.18. The van der Waals surface area contributed by atoms with Crippen LogP contribution < -0.4 is 5.32 Å². The zero-order valence-electron chi connectivity index (χ0n) is 11.9. The van der Waals surface area contributed by atoms with Crippen LogP contribution in [-0.4, -0.2) is 27.3 Å². The molecule has 0 spiro atoms. The van der Waals surface area contributed by atoms with Gasteiger partial charge in [0.05, 0.1) is 12.7 Å². The highest BCUT2D eigenvalue weighted by Gasteiger charge is 2.26. The molecule has 1 aromatic carbocycles. The summed E-state index contributed by atoms with van der Waals surface area (Å²) in [6.07, 6.45) is 3.01. The van der Waals surface area contributed by atoms with Crippen molar-refractivity contribution in [3.8, 4) is 0 Å². The first-order chi connectivity index (χ1) is 10.2. The number of halogens is 3. The predicted molar refractivity (Wildman–Crippen MR) is 71.4 cm³/mol. The van der Waals surface area contributed by atoms with Crippen molar-refractivity contribution in [2.24, 2.45) is 7.05 Å². The molecule has 0 radical (unpaired) electrons. The molecule has 2 N–H and O–H groups in total. The molecule has 2 aromatic rings. The number of carbonyl (C=O) groups excluding carboxylic acids is 1. The number of nitrogens with zero attached hydrogens (tertiary/aromatic N) is 2. The van der Waals surface area contributed by atoms with Crippen molar-refractivity contribution in [1.82, 2.24) is 15.1 Å². The second-order valence-electron chi connectivity index (χ2n) is 5.11. The molecule has 0 bridgehead atoms. The first-order valence-electron chi connectivity index (χ1n) is 6.35. The quantitative estimate of drug-likeness (QED) is 0.840. The normalized spacial score (nSPS) is 13.7. The molecule has 0 aliphatic rings. The lowest BCUT2D eigenvalue weighted by atomic mass is 9.99. The van der Waals surface area contributed by atoms with E-state index in [0.717, 1.165) is 0 Å². The fourth-order valence-electron chi connectivity index (χ4n) is 1.84. The minimum atomic E-state index is -1.64. The third-order valence-electron chi connectivity index (χ3n) is 3.17. The molecule has 0 aliphatic carbocycles. The minimum absolute atomic E-state index is 0.210. The largest absolute Gasteiger partial charge is 0.383 e. The van der Waals surface area contributed by atoms with E-state index in [9.17, 15) is 23.1 Å². The fraction of sp³-hybridized carbons (Fsp3) is 0.286. The Morgan fingerprint density at radius 3 is 2.45 bits per heavy atom. The molecule has 22 heavy (non-hydrogen) atoms. The van der Waals surface area contributed by atoms with Crippen LogP contribution in [0, 0.1) is 17.5 Å². The lowest BCUT2D eigenvalue weighted by molar-refractivity contribution is 0.0525. The van der Waals surface area contributed by atoms with Gasteiger partial charge < -0.3 is 10.4 Å². The maximum absolute atomic E-state index is 13.1. The third-order valence-corrected chi connectivity index (χ3v) is 3.17. The van der Waals surface area contributed by atoms with E-state index in [1.54, 1.807) is 13.2 Å². The maximum atomic E-state index is 13.1. The Bertz CT molecular complexity index is 690. The van der Waals surface area contributed by atoms with Crippen LogP contribution in [0.15, 0.2) is 24.5 Å². The SMILES string of the molecule is Cn1cc(C(C)(O)CNC(=O)c2cc(F)c(F)c(F)c2)cn1. The van der Waals surface area contributed by atoms with E-state index in [2.05, 4.69) is 10.4 Å². The number of carbonyl (C=O) groups is 1. The highest BCUT2D eigenvalue weighted by atomic mass is 19.2. The van der Waals surface area contributed by atoms with Crippen molar-refractivity contribution in [3.63, 3.8) is 0 Å². The van der Waals surface area contributed by atoms with Gasteiger partial charge in [0.2, 0.25) is 0 Å². The molecule has 0 saturated carbocycles. The Balaban J connectivity index is 2.10. The summed E-state index contributed by atoms with van der Waals surface area (Å²) >= 11 is 0. The van der Waals surface area contributed by atoms with Gasteiger partial charge in [-0.15, -0.1) is 0 Å². The number of amides is 1. The average molecular weight is 313 g/mol. The minimum Gasteiger partial charge on any atom is -0.383 e. The van der Waals surface area contributed by atoms with Crippen molar-refractivity contribution in [2.75, 3.05) is 6.54 Å². The second kappa shape index (κ2) is 5.80.